The first-order chi connectivity index (χ1) is 17.9. The Morgan fingerprint density at radius 1 is 0.919 bits per heavy atom. The maximum atomic E-state index is 13.2. The molecule has 1 saturated heterocycles. The molecule has 4 aromatic rings. The van der Waals surface area contributed by atoms with Gasteiger partial charge in [0.15, 0.2) is 5.15 Å². The van der Waals surface area contributed by atoms with Gasteiger partial charge in [0.1, 0.15) is 5.82 Å². The predicted octanol–water partition coefficient (Wildman–Crippen LogP) is 5.70. The van der Waals surface area contributed by atoms with E-state index in [0.29, 0.717) is 5.56 Å². The fourth-order valence-corrected chi connectivity index (χ4v) is 5.78. The number of fused-ring (bicyclic) bond motifs is 1. The molecule has 0 spiro atoms. The third-order valence-corrected chi connectivity index (χ3v) is 8.17. The van der Waals surface area contributed by atoms with Crippen molar-refractivity contribution in [3.63, 3.8) is 0 Å². The summed E-state index contributed by atoms with van der Waals surface area (Å²) in [6.07, 6.45) is 9.22. The summed E-state index contributed by atoms with van der Waals surface area (Å²) < 4.78 is 41.2. The maximum Gasteiger partial charge on any atom is 0.261 e. The van der Waals surface area contributed by atoms with Gasteiger partial charge in [0.2, 0.25) is 0 Å². The summed E-state index contributed by atoms with van der Waals surface area (Å²) in [6, 6.07) is 11.9. The van der Waals surface area contributed by atoms with Crippen LogP contribution in [0.3, 0.4) is 0 Å². The van der Waals surface area contributed by atoms with Gasteiger partial charge in [0, 0.05) is 18.0 Å². The van der Waals surface area contributed by atoms with E-state index in [4.69, 9.17) is 16.6 Å². The highest BCUT2D eigenvalue weighted by Crippen LogP contribution is 2.30. The first-order valence-corrected chi connectivity index (χ1v) is 14.2. The lowest BCUT2D eigenvalue weighted by Crippen LogP contribution is -2.30. The molecule has 1 aliphatic rings. The van der Waals surface area contributed by atoms with Gasteiger partial charge in [-0.3, -0.25) is 9.71 Å². The van der Waals surface area contributed by atoms with E-state index >= 15 is 0 Å². The van der Waals surface area contributed by atoms with E-state index in [1.54, 1.807) is 12.3 Å². The standard InChI is InChI=1S/C27H27ClFN5O2S/c28-27-26(33-37(35,36)23-9-7-21(29)8-10-23)16-20(17-31-27)19-6-11-24-25(15-19)32-22(18-30-24)5-4-14-34-12-2-1-3-13-34/h6-11,15-18,33H,1-5,12-14H2. The number of aryl methyl sites for hydroxylation is 1. The maximum absolute atomic E-state index is 13.2. The van der Waals surface area contributed by atoms with E-state index in [-0.39, 0.29) is 15.7 Å². The summed E-state index contributed by atoms with van der Waals surface area (Å²) in [5.74, 6) is -0.523. The minimum atomic E-state index is -3.98. The molecule has 1 fully saturated rings. The van der Waals surface area contributed by atoms with Crippen molar-refractivity contribution in [3.05, 3.63) is 77.6 Å². The average Bonchev–Trinajstić information content (AvgIpc) is 2.90. The lowest BCUT2D eigenvalue weighted by molar-refractivity contribution is 0.226. The molecule has 0 unspecified atom stereocenters. The summed E-state index contributed by atoms with van der Waals surface area (Å²) in [5.41, 5.74) is 4.09. The van der Waals surface area contributed by atoms with Gasteiger partial charge in [-0.05, 0) is 93.3 Å². The van der Waals surface area contributed by atoms with Gasteiger partial charge in [-0.25, -0.2) is 22.8 Å². The smallest absolute Gasteiger partial charge is 0.261 e. The van der Waals surface area contributed by atoms with E-state index in [0.717, 1.165) is 53.8 Å². The van der Waals surface area contributed by atoms with Crippen LogP contribution in [0.25, 0.3) is 22.2 Å². The SMILES string of the molecule is O=S(=O)(Nc1cc(-c2ccc3ncc(CCCN4CCCCC4)nc3c2)cnc1Cl)c1ccc(F)cc1. The molecule has 1 N–H and O–H groups in total. The number of hydrogen-bond acceptors (Lipinski definition) is 6. The molecule has 37 heavy (non-hydrogen) atoms. The van der Waals surface area contributed by atoms with Gasteiger partial charge in [-0.1, -0.05) is 24.1 Å². The predicted molar refractivity (Wildman–Crippen MR) is 144 cm³/mol. The highest BCUT2D eigenvalue weighted by molar-refractivity contribution is 7.92. The minimum absolute atomic E-state index is 0.00556. The molecule has 0 radical (unpaired) electrons. The van der Waals surface area contributed by atoms with Gasteiger partial charge < -0.3 is 4.90 Å². The second-order valence-electron chi connectivity index (χ2n) is 9.19. The zero-order chi connectivity index (χ0) is 25.8. The molecule has 1 aliphatic heterocycles. The third kappa shape index (κ3) is 6.23. The highest BCUT2D eigenvalue weighted by Gasteiger charge is 2.17. The van der Waals surface area contributed by atoms with Crippen molar-refractivity contribution in [2.75, 3.05) is 24.4 Å². The van der Waals surface area contributed by atoms with E-state index in [1.165, 1.54) is 44.5 Å². The first-order valence-electron chi connectivity index (χ1n) is 12.3. The molecule has 0 aliphatic carbocycles. The molecule has 5 rings (SSSR count). The molecule has 7 nitrogen and oxygen atoms in total. The molecule has 10 heteroatoms. The molecule has 2 aromatic carbocycles. The lowest BCUT2D eigenvalue weighted by Gasteiger charge is -2.26. The van der Waals surface area contributed by atoms with Gasteiger partial charge in [-0.15, -0.1) is 0 Å². The number of benzene rings is 2. The summed E-state index contributed by atoms with van der Waals surface area (Å²) >= 11 is 6.20. The number of nitrogens with zero attached hydrogens (tertiary/aromatic N) is 4. The Hall–Kier alpha value is -3.14. The Kier molecular flexibility index (Phi) is 7.64. The number of halogens is 2. The van der Waals surface area contributed by atoms with E-state index in [9.17, 15) is 12.8 Å². The minimum Gasteiger partial charge on any atom is -0.303 e. The summed E-state index contributed by atoms with van der Waals surface area (Å²) in [5, 5.41) is 0.00556. The number of pyridine rings is 1. The molecular formula is C27H27ClFN5O2S. The van der Waals surface area contributed by atoms with Crippen molar-refractivity contribution in [2.45, 2.75) is 37.0 Å². The van der Waals surface area contributed by atoms with Crippen molar-refractivity contribution < 1.29 is 12.8 Å². The Morgan fingerprint density at radius 3 is 2.49 bits per heavy atom. The normalized spacial score (nSPS) is 14.6. The van der Waals surface area contributed by atoms with Gasteiger partial charge in [0.25, 0.3) is 10.0 Å². The molecule has 0 bridgehead atoms. The van der Waals surface area contributed by atoms with Crippen LogP contribution in [0.1, 0.15) is 31.4 Å². The lowest BCUT2D eigenvalue weighted by atomic mass is 10.1. The van der Waals surface area contributed by atoms with Crippen molar-refractivity contribution in [1.29, 1.82) is 0 Å². The second-order valence-corrected chi connectivity index (χ2v) is 11.2. The quantitative estimate of drug-likeness (QED) is 0.289. The van der Waals surface area contributed by atoms with Crippen molar-refractivity contribution >= 4 is 38.3 Å². The zero-order valence-corrected chi connectivity index (χ0v) is 21.8. The summed E-state index contributed by atoms with van der Waals surface area (Å²) in [7, 11) is -3.98. The summed E-state index contributed by atoms with van der Waals surface area (Å²) in [6.45, 7) is 3.45. The second kappa shape index (κ2) is 11.1. The number of anilines is 1. The van der Waals surface area contributed by atoms with Crippen molar-refractivity contribution in [2.24, 2.45) is 0 Å². The number of nitrogens with one attached hydrogen (secondary N) is 1. The fourth-order valence-electron chi connectivity index (χ4n) is 4.51. The molecular weight excluding hydrogens is 513 g/mol. The van der Waals surface area contributed by atoms with Crippen LogP contribution in [0.15, 0.2) is 65.8 Å². The van der Waals surface area contributed by atoms with E-state index in [2.05, 4.69) is 19.6 Å². The molecule has 3 heterocycles. The molecule has 0 saturated carbocycles. The van der Waals surface area contributed by atoms with Crippen molar-refractivity contribution in [3.8, 4) is 11.1 Å². The van der Waals surface area contributed by atoms with E-state index in [1.807, 2.05) is 24.4 Å². The highest BCUT2D eigenvalue weighted by atomic mass is 35.5. The Bertz CT molecular complexity index is 1510. The van der Waals surface area contributed by atoms with E-state index < -0.39 is 15.8 Å². The van der Waals surface area contributed by atoms with Crippen LogP contribution < -0.4 is 4.72 Å². The molecule has 2 aromatic heterocycles. The van der Waals surface area contributed by atoms with Crippen LogP contribution in [0.5, 0.6) is 0 Å². The van der Waals surface area contributed by atoms with Gasteiger partial charge >= 0.3 is 0 Å². The Morgan fingerprint density at radius 2 is 1.70 bits per heavy atom. The monoisotopic (exact) mass is 539 g/mol. The number of likely N-dealkylation sites (tertiary alicyclic amines) is 1. The summed E-state index contributed by atoms with van der Waals surface area (Å²) in [4.78, 5) is 16.0. The largest absolute Gasteiger partial charge is 0.303 e. The number of piperidine rings is 1. The molecule has 0 atom stereocenters. The Labute approximate surface area is 220 Å². The number of hydrogen-bond donors (Lipinski definition) is 1. The van der Waals surface area contributed by atoms with Crippen LogP contribution in [0.4, 0.5) is 10.1 Å². The van der Waals surface area contributed by atoms with Gasteiger partial charge in [0.05, 0.1) is 27.3 Å². The molecule has 0 amide bonds. The van der Waals surface area contributed by atoms with Crippen LogP contribution in [0.2, 0.25) is 5.15 Å². The zero-order valence-electron chi connectivity index (χ0n) is 20.2. The number of aromatic nitrogens is 3. The average molecular weight is 540 g/mol. The fraction of sp³-hybridized carbons (Fsp3) is 0.296. The van der Waals surface area contributed by atoms with Gasteiger partial charge in [-0.2, -0.15) is 0 Å². The van der Waals surface area contributed by atoms with Crippen LogP contribution >= 0.6 is 11.6 Å². The van der Waals surface area contributed by atoms with Crippen LogP contribution in [0, 0.1) is 5.82 Å². The number of sulfonamides is 1. The number of rotatable bonds is 8. The van der Waals surface area contributed by atoms with Crippen molar-refractivity contribution in [1.82, 2.24) is 19.9 Å². The Balaban J connectivity index is 1.35. The third-order valence-electron chi connectivity index (χ3n) is 6.49. The van der Waals surface area contributed by atoms with Crippen LogP contribution in [-0.4, -0.2) is 47.9 Å². The van der Waals surface area contributed by atoms with Crippen LogP contribution in [-0.2, 0) is 16.4 Å². The first kappa shape index (κ1) is 25.5. The molecule has 192 valence electrons. The topological polar surface area (TPSA) is 88.1 Å².